The number of anilines is 1. The molecule has 2 aromatic carbocycles. The zero-order valence-electron chi connectivity index (χ0n) is 17.5. The Balaban J connectivity index is 1.55. The zero-order valence-corrected chi connectivity index (χ0v) is 18.3. The van der Waals surface area contributed by atoms with E-state index >= 15 is 0 Å². The Kier molecular flexibility index (Phi) is 6.55. The average Bonchev–Trinajstić information content (AvgIpc) is 3.38. The molecule has 0 saturated heterocycles. The number of carbonyl (C=O) groups is 2. The van der Waals surface area contributed by atoms with Crippen molar-refractivity contribution in [2.45, 2.75) is 18.6 Å². The van der Waals surface area contributed by atoms with E-state index in [1.165, 1.54) is 0 Å². The van der Waals surface area contributed by atoms with E-state index in [1.807, 2.05) is 41.8 Å². The van der Waals surface area contributed by atoms with Crippen molar-refractivity contribution in [3.63, 3.8) is 0 Å². The van der Waals surface area contributed by atoms with Crippen molar-refractivity contribution in [3.8, 4) is 11.4 Å². The number of carboxylic acids is 1. The molecule has 0 aliphatic rings. The fourth-order valence-electron chi connectivity index (χ4n) is 3.24. The molecule has 10 heteroatoms. The van der Waals surface area contributed by atoms with Crippen LogP contribution in [0.1, 0.15) is 21.7 Å². The molecule has 0 fully saturated rings. The molecule has 0 aliphatic heterocycles. The lowest BCUT2D eigenvalue weighted by molar-refractivity contribution is -0.113. The number of hydrogen-bond acceptors (Lipinski definition) is 6. The van der Waals surface area contributed by atoms with E-state index in [0.29, 0.717) is 23.3 Å². The maximum atomic E-state index is 13.6. The van der Waals surface area contributed by atoms with Gasteiger partial charge in [0.2, 0.25) is 5.91 Å². The number of amides is 1. The summed E-state index contributed by atoms with van der Waals surface area (Å²) in [5.74, 6) is -1.19. The second kappa shape index (κ2) is 9.70. The fourth-order valence-corrected chi connectivity index (χ4v) is 3.98. The monoisotopic (exact) mass is 466 g/mol. The highest BCUT2D eigenvalue weighted by Crippen LogP contribution is 2.28. The predicted molar refractivity (Wildman–Crippen MR) is 121 cm³/mol. The van der Waals surface area contributed by atoms with Gasteiger partial charge in [-0.25, -0.2) is 9.18 Å². The Hall–Kier alpha value is -3.92. The summed E-state index contributed by atoms with van der Waals surface area (Å²) in [6.45, 7) is 2.31. The van der Waals surface area contributed by atoms with Gasteiger partial charge >= 0.3 is 5.97 Å². The first-order valence-electron chi connectivity index (χ1n) is 9.89. The molecule has 0 unspecified atom stereocenters. The van der Waals surface area contributed by atoms with Gasteiger partial charge in [-0.05, 0) is 36.8 Å². The summed E-state index contributed by atoms with van der Waals surface area (Å²) in [6, 6.07) is 14.7. The molecule has 168 valence electrons. The number of rotatable bonds is 8. The second-order valence-corrected chi connectivity index (χ2v) is 8.04. The van der Waals surface area contributed by atoms with Crippen LogP contribution in [0.15, 0.2) is 70.4 Å². The lowest BCUT2D eigenvalue weighted by atomic mass is 10.1. The van der Waals surface area contributed by atoms with Gasteiger partial charge in [-0.2, -0.15) is 0 Å². The highest BCUT2D eigenvalue weighted by atomic mass is 32.2. The number of hydrogen-bond donors (Lipinski definition) is 2. The Morgan fingerprint density at radius 2 is 1.94 bits per heavy atom. The van der Waals surface area contributed by atoms with E-state index in [2.05, 4.69) is 15.5 Å². The molecule has 2 aromatic heterocycles. The minimum absolute atomic E-state index is 0.0765. The van der Waals surface area contributed by atoms with Crippen LogP contribution < -0.4 is 5.32 Å². The molecule has 2 heterocycles. The van der Waals surface area contributed by atoms with Crippen LogP contribution in [-0.2, 0) is 11.3 Å². The third kappa shape index (κ3) is 5.12. The Labute approximate surface area is 192 Å². The van der Waals surface area contributed by atoms with Crippen molar-refractivity contribution < 1.29 is 23.5 Å². The molecule has 0 aliphatic carbocycles. The molecule has 4 aromatic rings. The van der Waals surface area contributed by atoms with Crippen LogP contribution in [0.3, 0.4) is 0 Å². The fraction of sp³-hybridized carbons (Fsp3) is 0.130. The third-order valence-corrected chi connectivity index (χ3v) is 5.79. The van der Waals surface area contributed by atoms with Crippen LogP contribution in [0, 0.1) is 12.7 Å². The molecule has 8 nitrogen and oxygen atoms in total. The van der Waals surface area contributed by atoms with E-state index in [0.717, 1.165) is 41.1 Å². The molecule has 0 saturated carbocycles. The minimum Gasteiger partial charge on any atom is -0.478 e. The number of nitrogens with one attached hydrogen (secondary N) is 1. The lowest BCUT2D eigenvalue weighted by Gasteiger charge is -2.11. The van der Waals surface area contributed by atoms with Gasteiger partial charge < -0.3 is 14.8 Å². The number of aromatic nitrogens is 3. The van der Waals surface area contributed by atoms with Crippen molar-refractivity contribution in [2.75, 3.05) is 11.1 Å². The van der Waals surface area contributed by atoms with Gasteiger partial charge in [-0.1, -0.05) is 42.1 Å². The van der Waals surface area contributed by atoms with Gasteiger partial charge in [0.05, 0.1) is 35.4 Å². The van der Waals surface area contributed by atoms with E-state index in [9.17, 15) is 19.1 Å². The van der Waals surface area contributed by atoms with Crippen LogP contribution >= 0.6 is 11.8 Å². The minimum atomic E-state index is -1.26. The summed E-state index contributed by atoms with van der Waals surface area (Å²) in [5, 5.41) is 20.8. The normalized spacial score (nSPS) is 10.8. The highest BCUT2D eigenvalue weighted by Gasteiger charge is 2.19. The largest absolute Gasteiger partial charge is 0.478 e. The van der Waals surface area contributed by atoms with Gasteiger partial charge in [-0.15, -0.1) is 10.2 Å². The summed E-state index contributed by atoms with van der Waals surface area (Å²) < 4.78 is 20.9. The SMILES string of the molecule is Cc1occc1-c1nnc(SCC(=O)Nc2cc(F)ccc2C(=O)O)n1Cc1ccccc1. The quantitative estimate of drug-likeness (QED) is 0.369. The maximum Gasteiger partial charge on any atom is 0.337 e. The summed E-state index contributed by atoms with van der Waals surface area (Å²) in [7, 11) is 0. The second-order valence-electron chi connectivity index (χ2n) is 7.10. The molecular formula is C23H19FN4O4S. The molecule has 0 spiro atoms. The summed E-state index contributed by atoms with van der Waals surface area (Å²) >= 11 is 1.14. The van der Waals surface area contributed by atoms with Gasteiger partial charge in [0, 0.05) is 0 Å². The number of carboxylic acid groups (broad SMARTS) is 1. The molecule has 4 rings (SSSR count). The Bertz CT molecular complexity index is 1300. The lowest BCUT2D eigenvalue weighted by Crippen LogP contribution is -2.17. The number of carbonyl (C=O) groups excluding carboxylic acids is 1. The van der Waals surface area contributed by atoms with Crippen molar-refractivity contribution >= 4 is 29.3 Å². The molecule has 2 N–H and O–H groups in total. The first-order valence-corrected chi connectivity index (χ1v) is 10.9. The van der Waals surface area contributed by atoms with Crippen LogP contribution in [0.25, 0.3) is 11.4 Å². The smallest absolute Gasteiger partial charge is 0.337 e. The highest BCUT2D eigenvalue weighted by molar-refractivity contribution is 7.99. The van der Waals surface area contributed by atoms with Crippen LogP contribution in [-0.4, -0.2) is 37.5 Å². The van der Waals surface area contributed by atoms with E-state index in [1.54, 1.807) is 12.3 Å². The number of thioether (sulfide) groups is 1. The number of furan rings is 1. The van der Waals surface area contributed by atoms with Gasteiger partial charge in [0.25, 0.3) is 0 Å². The van der Waals surface area contributed by atoms with E-state index in [-0.39, 0.29) is 17.0 Å². The van der Waals surface area contributed by atoms with Gasteiger partial charge in [0.1, 0.15) is 11.6 Å². The maximum absolute atomic E-state index is 13.6. The predicted octanol–water partition coefficient (Wildman–Crippen LogP) is 4.46. The molecule has 0 atom stereocenters. The summed E-state index contributed by atoms with van der Waals surface area (Å²) in [6.07, 6.45) is 1.57. The zero-order chi connectivity index (χ0) is 23.4. The first-order chi connectivity index (χ1) is 15.9. The van der Waals surface area contributed by atoms with Crippen molar-refractivity contribution in [2.24, 2.45) is 0 Å². The average molecular weight is 466 g/mol. The number of halogens is 1. The third-order valence-electron chi connectivity index (χ3n) is 4.82. The summed E-state index contributed by atoms with van der Waals surface area (Å²) in [5.41, 5.74) is 1.52. The van der Waals surface area contributed by atoms with Crippen molar-refractivity contribution in [3.05, 3.63) is 83.6 Å². The molecular weight excluding hydrogens is 447 g/mol. The number of nitrogens with zero attached hydrogens (tertiary/aromatic N) is 3. The summed E-state index contributed by atoms with van der Waals surface area (Å²) in [4.78, 5) is 23.9. The van der Waals surface area contributed by atoms with Crippen LogP contribution in [0.4, 0.5) is 10.1 Å². The number of benzene rings is 2. The first kappa shape index (κ1) is 22.3. The standard InChI is InChI=1S/C23H19FN4O4S/c1-14-17(9-10-32-14)21-26-27-23(28(21)12-15-5-3-2-4-6-15)33-13-20(29)25-19-11-16(24)7-8-18(19)22(30)31/h2-11H,12-13H2,1H3,(H,25,29)(H,30,31). The van der Waals surface area contributed by atoms with Crippen molar-refractivity contribution in [1.82, 2.24) is 14.8 Å². The van der Waals surface area contributed by atoms with E-state index in [4.69, 9.17) is 4.42 Å². The molecule has 0 radical (unpaired) electrons. The van der Waals surface area contributed by atoms with Gasteiger partial charge in [0.15, 0.2) is 11.0 Å². The molecule has 0 bridgehead atoms. The molecule has 1 amide bonds. The van der Waals surface area contributed by atoms with Gasteiger partial charge in [-0.3, -0.25) is 9.36 Å². The van der Waals surface area contributed by atoms with E-state index < -0.39 is 17.7 Å². The van der Waals surface area contributed by atoms with Crippen LogP contribution in [0.5, 0.6) is 0 Å². The van der Waals surface area contributed by atoms with Crippen molar-refractivity contribution in [1.29, 1.82) is 0 Å². The Morgan fingerprint density at radius 1 is 1.15 bits per heavy atom. The Morgan fingerprint density at radius 3 is 2.64 bits per heavy atom. The molecule has 33 heavy (non-hydrogen) atoms. The topological polar surface area (TPSA) is 110 Å². The number of aryl methyl sites for hydroxylation is 1. The van der Waals surface area contributed by atoms with Crippen LogP contribution in [0.2, 0.25) is 0 Å². The number of aromatic carboxylic acids is 1.